The van der Waals surface area contributed by atoms with Gasteiger partial charge in [0, 0.05) is 96.3 Å². The fraction of sp³-hybridized carbons (Fsp3) is 0.105. The second-order valence-corrected chi connectivity index (χ2v) is 19.0. The van der Waals surface area contributed by atoms with Crippen molar-refractivity contribution in [1.29, 1.82) is 0 Å². The maximum atomic E-state index is 16.5. The zero-order valence-electron chi connectivity index (χ0n) is 41.9. The van der Waals surface area contributed by atoms with Crippen molar-refractivity contribution < 1.29 is 32.2 Å². The average molecular weight is 1060 g/mol. The van der Waals surface area contributed by atoms with Crippen LogP contribution in [-0.4, -0.2) is 51.4 Å². The van der Waals surface area contributed by atoms with Gasteiger partial charge in [-0.05, 0) is 78.4 Å². The van der Waals surface area contributed by atoms with Gasteiger partial charge < -0.3 is 20.1 Å². The molecule has 16 nitrogen and oxygen atoms in total. The van der Waals surface area contributed by atoms with Gasteiger partial charge in [0.1, 0.15) is 40.4 Å². The lowest BCUT2D eigenvalue weighted by Gasteiger charge is -2.35. The van der Waals surface area contributed by atoms with Crippen LogP contribution >= 0.6 is 11.6 Å². The van der Waals surface area contributed by atoms with Crippen molar-refractivity contribution in [1.82, 2.24) is 39.3 Å². The first-order valence-corrected chi connectivity index (χ1v) is 24.2. The molecule has 5 aromatic heterocycles. The summed E-state index contributed by atoms with van der Waals surface area (Å²) in [6, 6.07) is 32.7. The average Bonchev–Trinajstić information content (AvgIpc) is 4.20. The van der Waals surface area contributed by atoms with E-state index in [1.54, 1.807) is 127 Å². The number of hydrogen-bond donors (Lipinski definition) is 2. The zero-order chi connectivity index (χ0) is 54.0. The van der Waals surface area contributed by atoms with Crippen molar-refractivity contribution in [2.45, 2.75) is 26.2 Å². The number of hydrazine groups is 1. The van der Waals surface area contributed by atoms with Gasteiger partial charge in [0.15, 0.2) is 5.82 Å². The highest BCUT2D eigenvalue weighted by Gasteiger charge is 2.37. The molecule has 0 spiro atoms. The predicted octanol–water partition coefficient (Wildman–Crippen LogP) is 13.8. The third-order valence-electron chi connectivity index (χ3n) is 11.9. The molecule has 0 aliphatic carbocycles. The lowest BCUT2D eigenvalue weighted by Crippen LogP contribution is -2.54. The van der Waals surface area contributed by atoms with Crippen LogP contribution in [0.1, 0.15) is 26.5 Å². The van der Waals surface area contributed by atoms with Crippen LogP contribution in [0.3, 0.4) is 0 Å². The summed E-state index contributed by atoms with van der Waals surface area (Å²) in [5.74, 6) is -1.55. The van der Waals surface area contributed by atoms with E-state index in [-0.39, 0.29) is 45.1 Å². The molecular formula is C57H46ClF3N12O4. The first-order valence-electron chi connectivity index (χ1n) is 23.8. The minimum absolute atomic E-state index is 0.0233. The lowest BCUT2D eigenvalue weighted by atomic mass is 9.92. The summed E-state index contributed by atoms with van der Waals surface area (Å²) >= 11 is 6.79. The highest BCUT2D eigenvalue weighted by atomic mass is 35.5. The maximum Gasteiger partial charge on any atom is 0.347 e. The van der Waals surface area contributed by atoms with Gasteiger partial charge in [0.05, 0.1) is 52.2 Å². The molecule has 0 bridgehead atoms. The molecule has 0 saturated carbocycles. The number of benzene rings is 5. The minimum Gasteiger partial charge on any atom is -0.457 e. The van der Waals surface area contributed by atoms with E-state index >= 15 is 18.4 Å². The number of pyridine rings is 2. The Morgan fingerprint density at radius 2 is 1.13 bits per heavy atom. The van der Waals surface area contributed by atoms with Crippen molar-refractivity contribution in [3.8, 4) is 62.3 Å². The summed E-state index contributed by atoms with van der Waals surface area (Å²) in [5, 5.41) is 20.6. The Bertz CT molecular complexity index is 3800. The first-order chi connectivity index (χ1) is 37.0. The van der Waals surface area contributed by atoms with E-state index in [9.17, 15) is 4.39 Å². The molecule has 386 valence electrons. The lowest BCUT2D eigenvalue weighted by molar-refractivity contribution is 0.248. The van der Waals surface area contributed by atoms with E-state index in [0.717, 1.165) is 33.3 Å². The molecule has 10 aromatic rings. The van der Waals surface area contributed by atoms with Gasteiger partial charge in [-0.2, -0.15) is 25.3 Å². The summed E-state index contributed by atoms with van der Waals surface area (Å²) in [6.07, 6.45) is 9.98. The van der Waals surface area contributed by atoms with Crippen LogP contribution < -0.4 is 30.1 Å². The number of hydrogen-bond acceptors (Lipinski definition) is 9. The molecule has 2 N–H and O–H groups in total. The Labute approximate surface area is 444 Å². The third-order valence-corrected chi connectivity index (χ3v) is 12.1. The van der Waals surface area contributed by atoms with Gasteiger partial charge >= 0.3 is 12.1 Å². The fourth-order valence-electron chi connectivity index (χ4n) is 8.11. The number of aromatic nitrogens is 8. The number of nitrogens with one attached hydrogen (secondary N) is 2. The summed E-state index contributed by atoms with van der Waals surface area (Å²) in [6.45, 7) is 5.67. The van der Waals surface area contributed by atoms with Crippen LogP contribution in [-0.2, 0) is 19.5 Å². The Morgan fingerprint density at radius 1 is 0.597 bits per heavy atom. The number of amides is 4. The van der Waals surface area contributed by atoms with Crippen LogP contribution in [0.25, 0.3) is 39.3 Å². The van der Waals surface area contributed by atoms with E-state index in [1.807, 2.05) is 26.8 Å². The van der Waals surface area contributed by atoms with Crippen molar-refractivity contribution in [3.05, 3.63) is 205 Å². The molecule has 5 heterocycles. The topological polar surface area (TPSA) is 162 Å². The molecular weight excluding hydrogens is 1010 g/mol. The molecule has 5 aromatic carbocycles. The molecule has 10 rings (SSSR count). The molecule has 0 aliphatic rings. The summed E-state index contributed by atoms with van der Waals surface area (Å²) in [5.41, 5.74) is 3.05. The number of aryl methyl sites for hydroxylation is 2. The fourth-order valence-corrected chi connectivity index (χ4v) is 8.28. The van der Waals surface area contributed by atoms with E-state index in [0.29, 0.717) is 39.7 Å². The minimum atomic E-state index is -1.10. The molecule has 0 radical (unpaired) electrons. The van der Waals surface area contributed by atoms with Crippen LogP contribution in [0, 0.1) is 17.5 Å². The number of halogens is 4. The first kappa shape index (κ1) is 50.8. The van der Waals surface area contributed by atoms with Crippen LogP contribution in [0.4, 0.5) is 45.6 Å². The Balaban J connectivity index is 1.07. The summed E-state index contributed by atoms with van der Waals surface area (Å²) < 4.78 is 64.3. The smallest absolute Gasteiger partial charge is 0.347 e. The van der Waals surface area contributed by atoms with Crippen LogP contribution in [0.15, 0.2) is 177 Å². The van der Waals surface area contributed by atoms with Crippen molar-refractivity contribution in [3.63, 3.8) is 0 Å². The van der Waals surface area contributed by atoms with Gasteiger partial charge in [-0.25, -0.2) is 27.4 Å². The van der Waals surface area contributed by atoms with Gasteiger partial charge in [0.2, 0.25) is 0 Å². The summed E-state index contributed by atoms with van der Waals surface area (Å²) in [7, 11) is 3.56. The standard InChI is InChI=1S/C57H46ClF3N12O4/c1-57(2,3)53-30-54(71(68-53)40-14-12-39(59)13-15-40)73(56(75)67-49-20-17-42(27-47(49)61)77-44-22-24-63-51(29-44)37-32-65-70(5)34-37)72(52-25-38(58)11-18-45(52)35-9-7-6-8-10-35)55(74)66-48-19-16-41(26-46(48)60)76-43-21-23-62-50(28-43)36-31-64-69(4)33-36/h6-34H,1-5H3,(H,66,74)(H,67,75). The second kappa shape index (κ2) is 21.2. The van der Waals surface area contributed by atoms with Crippen molar-refractivity contribution >= 4 is 46.5 Å². The molecule has 0 aliphatic heterocycles. The molecule has 4 amide bonds. The number of anilines is 4. The largest absolute Gasteiger partial charge is 0.457 e. The molecule has 0 fully saturated rings. The number of ether oxygens (including phenoxy) is 2. The second-order valence-electron chi connectivity index (χ2n) is 18.6. The van der Waals surface area contributed by atoms with Gasteiger partial charge in [-0.15, -0.1) is 0 Å². The molecule has 0 unspecified atom stereocenters. The predicted molar refractivity (Wildman–Crippen MR) is 288 cm³/mol. The van der Waals surface area contributed by atoms with Gasteiger partial charge in [-0.1, -0.05) is 68.8 Å². The zero-order valence-corrected chi connectivity index (χ0v) is 42.6. The van der Waals surface area contributed by atoms with E-state index in [4.69, 9.17) is 26.2 Å². The molecule has 0 atom stereocenters. The maximum absolute atomic E-state index is 16.5. The Morgan fingerprint density at radius 3 is 1.64 bits per heavy atom. The number of rotatable bonds is 12. The summed E-state index contributed by atoms with van der Waals surface area (Å²) in [4.78, 5) is 39.9. The Hall–Kier alpha value is -9.75. The van der Waals surface area contributed by atoms with Gasteiger partial charge in [0.25, 0.3) is 0 Å². The van der Waals surface area contributed by atoms with Crippen molar-refractivity contribution in [2.24, 2.45) is 14.1 Å². The molecule has 77 heavy (non-hydrogen) atoms. The highest BCUT2D eigenvalue weighted by molar-refractivity contribution is 6.31. The third kappa shape index (κ3) is 11.3. The number of nitrogens with zero attached hydrogens (tertiary/aromatic N) is 10. The Kier molecular flexibility index (Phi) is 14.0. The van der Waals surface area contributed by atoms with E-state index < -0.39 is 34.9 Å². The normalized spacial score (nSPS) is 11.3. The number of carbonyl (C=O) groups excluding carboxylic acids is 2. The van der Waals surface area contributed by atoms with Crippen molar-refractivity contribution in [2.75, 3.05) is 20.7 Å². The van der Waals surface area contributed by atoms with Crippen LogP contribution in [0.5, 0.6) is 23.0 Å². The van der Waals surface area contributed by atoms with Gasteiger partial charge in [-0.3, -0.25) is 19.3 Å². The SMILES string of the molecule is Cn1cc(-c2cc(Oc3ccc(NC(=O)N(c4cc(Cl)ccc4-c4ccccc4)N(C(=O)Nc4ccc(Oc5ccnc(-c6cnn(C)c6)c5)cc4F)c4cc(C(C)(C)C)nn4-c4ccc(F)cc4)c(F)c3)ccn2)cn1. The van der Waals surface area contributed by atoms with E-state index in [2.05, 4.69) is 30.8 Å². The monoisotopic (exact) mass is 1050 g/mol. The van der Waals surface area contributed by atoms with E-state index in [1.165, 1.54) is 59.3 Å². The molecule has 20 heteroatoms. The number of carbonyl (C=O) groups is 2. The van der Waals surface area contributed by atoms with Crippen LogP contribution in [0.2, 0.25) is 5.02 Å². The highest BCUT2D eigenvalue weighted by Crippen LogP contribution is 2.39. The number of urea groups is 2. The quantitative estimate of drug-likeness (QED) is 0.113. The molecule has 0 saturated heterocycles.